The van der Waals surface area contributed by atoms with E-state index in [1.54, 1.807) is 35.2 Å². The average molecular weight is 531 g/mol. The van der Waals surface area contributed by atoms with Gasteiger partial charge in [-0.3, -0.25) is 4.79 Å². The number of rotatable bonds is 8. The maximum absolute atomic E-state index is 13.4. The highest BCUT2D eigenvalue weighted by molar-refractivity contribution is 5.87. The van der Waals surface area contributed by atoms with Gasteiger partial charge >= 0.3 is 6.18 Å². The molecule has 1 heterocycles. The van der Waals surface area contributed by atoms with Gasteiger partial charge in [-0.2, -0.15) is 13.2 Å². The maximum atomic E-state index is 13.4. The predicted octanol–water partition coefficient (Wildman–Crippen LogP) is 7.09. The first-order chi connectivity index (χ1) is 18.2. The molecule has 38 heavy (non-hydrogen) atoms. The van der Waals surface area contributed by atoms with E-state index >= 15 is 0 Å². The van der Waals surface area contributed by atoms with Gasteiger partial charge in [0.25, 0.3) is 0 Å². The molecule has 0 aromatic heterocycles. The number of benzene rings is 3. The molecule has 0 radical (unpaired) electrons. The number of carbonyl (C=O) groups excluding carboxylic acids is 1. The SMILES string of the molecule is O=C(CCC(c1ccc(F)cc1)c1ccc(F)cc1)N1CCC(=NOCc2cccc(C(F)(F)F)c2)CC1. The van der Waals surface area contributed by atoms with E-state index in [0.29, 0.717) is 37.9 Å². The second-order valence-corrected chi connectivity index (χ2v) is 9.20. The third-order valence-corrected chi connectivity index (χ3v) is 6.56. The van der Waals surface area contributed by atoms with E-state index in [1.807, 2.05) is 0 Å². The van der Waals surface area contributed by atoms with Crippen molar-refractivity contribution in [3.63, 3.8) is 0 Å². The minimum Gasteiger partial charge on any atom is -0.391 e. The van der Waals surface area contributed by atoms with Gasteiger partial charge in [0, 0.05) is 38.3 Å². The molecule has 3 aromatic carbocycles. The molecule has 0 spiro atoms. The summed E-state index contributed by atoms with van der Waals surface area (Å²) >= 11 is 0. The van der Waals surface area contributed by atoms with Crippen LogP contribution in [0.4, 0.5) is 22.0 Å². The zero-order valence-corrected chi connectivity index (χ0v) is 20.6. The topological polar surface area (TPSA) is 41.9 Å². The number of carbonyl (C=O) groups is 1. The maximum Gasteiger partial charge on any atom is 0.416 e. The van der Waals surface area contributed by atoms with E-state index in [4.69, 9.17) is 4.84 Å². The highest BCUT2D eigenvalue weighted by atomic mass is 19.4. The molecular weight excluding hydrogens is 503 g/mol. The van der Waals surface area contributed by atoms with Crippen LogP contribution in [0.5, 0.6) is 0 Å². The van der Waals surface area contributed by atoms with Gasteiger partial charge in [-0.05, 0) is 59.5 Å². The highest BCUT2D eigenvalue weighted by Crippen LogP contribution is 2.31. The number of nitrogens with zero attached hydrogens (tertiary/aromatic N) is 2. The van der Waals surface area contributed by atoms with Crippen molar-refractivity contribution in [1.82, 2.24) is 4.90 Å². The Labute approximate surface area is 217 Å². The molecule has 1 aliphatic rings. The lowest BCUT2D eigenvalue weighted by Gasteiger charge is -2.28. The van der Waals surface area contributed by atoms with Crippen LogP contribution in [-0.4, -0.2) is 29.6 Å². The Hall–Kier alpha value is -3.75. The largest absolute Gasteiger partial charge is 0.416 e. The number of alkyl halides is 3. The van der Waals surface area contributed by atoms with E-state index < -0.39 is 11.7 Å². The normalized spacial score (nSPS) is 14.1. The van der Waals surface area contributed by atoms with Crippen LogP contribution in [0.2, 0.25) is 0 Å². The number of oxime groups is 1. The van der Waals surface area contributed by atoms with Crippen LogP contribution in [0.25, 0.3) is 0 Å². The first-order valence-electron chi connectivity index (χ1n) is 12.3. The van der Waals surface area contributed by atoms with Crippen LogP contribution in [0.1, 0.15) is 53.9 Å². The van der Waals surface area contributed by atoms with Crippen molar-refractivity contribution >= 4 is 11.6 Å². The first kappa shape index (κ1) is 27.3. The van der Waals surface area contributed by atoms with Gasteiger partial charge in [-0.1, -0.05) is 41.6 Å². The quantitative estimate of drug-likeness (QED) is 0.231. The Kier molecular flexibility index (Phi) is 8.76. The average Bonchev–Trinajstić information content (AvgIpc) is 2.91. The molecule has 0 atom stereocenters. The zero-order chi connectivity index (χ0) is 27.1. The summed E-state index contributed by atoms with van der Waals surface area (Å²) in [6, 6.07) is 17.1. The lowest BCUT2D eigenvalue weighted by Crippen LogP contribution is -2.38. The van der Waals surface area contributed by atoms with Gasteiger partial charge in [0.2, 0.25) is 5.91 Å². The second kappa shape index (κ2) is 12.2. The molecular formula is C29H27F5N2O2. The van der Waals surface area contributed by atoms with Crippen molar-refractivity contribution in [1.29, 1.82) is 0 Å². The molecule has 4 rings (SSSR count). The second-order valence-electron chi connectivity index (χ2n) is 9.20. The lowest BCUT2D eigenvalue weighted by atomic mass is 9.87. The van der Waals surface area contributed by atoms with Crippen molar-refractivity contribution in [2.24, 2.45) is 5.16 Å². The smallest absolute Gasteiger partial charge is 0.391 e. The Morgan fingerprint density at radius 2 is 1.47 bits per heavy atom. The van der Waals surface area contributed by atoms with E-state index in [0.717, 1.165) is 29.0 Å². The van der Waals surface area contributed by atoms with Crippen LogP contribution in [0.15, 0.2) is 78.0 Å². The van der Waals surface area contributed by atoms with Crippen molar-refractivity contribution in [2.75, 3.05) is 13.1 Å². The molecule has 1 amide bonds. The molecule has 0 bridgehead atoms. The van der Waals surface area contributed by atoms with Gasteiger partial charge in [-0.15, -0.1) is 0 Å². The van der Waals surface area contributed by atoms with Crippen LogP contribution < -0.4 is 0 Å². The summed E-state index contributed by atoms with van der Waals surface area (Å²) < 4.78 is 65.5. The molecule has 0 N–H and O–H groups in total. The monoisotopic (exact) mass is 530 g/mol. The summed E-state index contributed by atoms with van der Waals surface area (Å²) in [7, 11) is 0. The molecule has 3 aromatic rings. The van der Waals surface area contributed by atoms with E-state index in [1.165, 1.54) is 30.3 Å². The Bertz CT molecular complexity index is 1200. The Morgan fingerprint density at radius 3 is 2.03 bits per heavy atom. The fourth-order valence-corrected chi connectivity index (χ4v) is 4.48. The number of piperidine rings is 1. The van der Waals surface area contributed by atoms with Gasteiger partial charge in [-0.25, -0.2) is 8.78 Å². The summed E-state index contributed by atoms with van der Waals surface area (Å²) in [5.74, 6) is -0.922. The Morgan fingerprint density at radius 1 is 0.895 bits per heavy atom. The summed E-state index contributed by atoms with van der Waals surface area (Å²) in [5.41, 5.74) is 2.07. The molecule has 4 nitrogen and oxygen atoms in total. The fraction of sp³-hybridized carbons (Fsp3) is 0.310. The Balaban J connectivity index is 1.29. The zero-order valence-electron chi connectivity index (χ0n) is 20.6. The number of hydrogen-bond donors (Lipinski definition) is 0. The molecule has 1 fully saturated rings. The molecule has 0 saturated carbocycles. The number of likely N-dealkylation sites (tertiary alicyclic amines) is 1. The van der Waals surface area contributed by atoms with Gasteiger partial charge in [0.15, 0.2) is 0 Å². The van der Waals surface area contributed by atoms with Gasteiger partial charge in [0.1, 0.15) is 18.2 Å². The molecule has 1 saturated heterocycles. The third-order valence-electron chi connectivity index (χ3n) is 6.56. The minimum absolute atomic E-state index is 0.0249. The van der Waals surface area contributed by atoms with Gasteiger partial charge < -0.3 is 9.74 Å². The van der Waals surface area contributed by atoms with Crippen LogP contribution in [0.3, 0.4) is 0 Å². The molecule has 0 unspecified atom stereocenters. The summed E-state index contributed by atoms with van der Waals surface area (Å²) in [6.45, 7) is 0.842. The summed E-state index contributed by atoms with van der Waals surface area (Å²) in [5, 5.41) is 4.07. The number of hydrogen-bond acceptors (Lipinski definition) is 3. The number of amides is 1. The van der Waals surface area contributed by atoms with Crippen LogP contribution in [-0.2, 0) is 22.4 Å². The van der Waals surface area contributed by atoms with E-state index in [-0.39, 0.29) is 36.5 Å². The molecule has 200 valence electrons. The van der Waals surface area contributed by atoms with Crippen molar-refractivity contribution in [3.05, 3.63) is 107 Å². The predicted molar refractivity (Wildman–Crippen MR) is 133 cm³/mol. The standard InChI is InChI=1S/C29H27F5N2O2/c30-24-8-4-21(5-9-24)27(22-6-10-25(31)11-7-22)12-13-28(37)36-16-14-26(15-17-36)35-38-19-20-2-1-3-23(18-20)29(32,33)34/h1-11,18,27H,12-17,19H2. The minimum atomic E-state index is -4.42. The fourth-order valence-electron chi connectivity index (χ4n) is 4.48. The van der Waals surface area contributed by atoms with Crippen LogP contribution in [0, 0.1) is 11.6 Å². The first-order valence-corrected chi connectivity index (χ1v) is 12.3. The summed E-state index contributed by atoms with van der Waals surface area (Å²) in [6.07, 6.45) is -2.66. The summed E-state index contributed by atoms with van der Waals surface area (Å²) in [4.78, 5) is 20.0. The van der Waals surface area contributed by atoms with Crippen molar-refractivity contribution < 1.29 is 31.6 Å². The van der Waals surface area contributed by atoms with E-state index in [2.05, 4.69) is 5.16 Å². The molecule has 0 aliphatic carbocycles. The molecule has 1 aliphatic heterocycles. The van der Waals surface area contributed by atoms with Crippen molar-refractivity contribution in [2.45, 2.75) is 44.4 Å². The number of halogens is 5. The van der Waals surface area contributed by atoms with E-state index in [9.17, 15) is 26.7 Å². The van der Waals surface area contributed by atoms with Crippen molar-refractivity contribution in [3.8, 4) is 0 Å². The lowest BCUT2D eigenvalue weighted by molar-refractivity contribution is -0.137. The third kappa shape index (κ3) is 7.40. The van der Waals surface area contributed by atoms with Crippen LogP contribution >= 0.6 is 0 Å². The molecule has 9 heteroatoms. The highest BCUT2D eigenvalue weighted by Gasteiger charge is 2.30. The van der Waals surface area contributed by atoms with Gasteiger partial charge in [0.05, 0.1) is 11.3 Å².